The number of para-hydroxylation sites is 1. The lowest BCUT2D eigenvalue weighted by molar-refractivity contribution is -0.132. The number of halogens is 1. The van der Waals surface area contributed by atoms with E-state index in [1.54, 1.807) is 4.90 Å². The first-order chi connectivity index (χ1) is 9.13. The number of hydrogen-bond donors (Lipinski definition) is 1. The van der Waals surface area contributed by atoms with E-state index in [4.69, 9.17) is 4.74 Å². The molecule has 1 aliphatic rings. The summed E-state index contributed by atoms with van der Waals surface area (Å²) in [6.07, 6.45) is 0.390. The van der Waals surface area contributed by atoms with E-state index in [1.807, 2.05) is 25.2 Å². The van der Waals surface area contributed by atoms with Crippen molar-refractivity contribution in [1.29, 1.82) is 0 Å². The molecule has 1 saturated heterocycles. The second kappa shape index (κ2) is 6.39. The Balaban J connectivity index is 2.16. The lowest BCUT2D eigenvalue weighted by atomic mass is 10.2. The highest BCUT2D eigenvalue weighted by molar-refractivity contribution is 9.10. The van der Waals surface area contributed by atoms with Gasteiger partial charge in [0.05, 0.1) is 4.47 Å². The summed E-state index contributed by atoms with van der Waals surface area (Å²) in [5.41, 5.74) is 1.07. The van der Waals surface area contributed by atoms with Gasteiger partial charge in [0.2, 0.25) is 0 Å². The van der Waals surface area contributed by atoms with Crippen LogP contribution in [0.25, 0.3) is 0 Å². The fourth-order valence-electron chi connectivity index (χ4n) is 2.13. The molecule has 2 rings (SSSR count). The van der Waals surface area contributed by atoms with Crippen LogP contribution in [-0.2, 0) is 11.3 Å². The predicted octanol–water partition coefficient (Wildman–Crippen LogP) is 2.17. The molecule has 19 heavy (non-hydrogen) atoms. The Bertz CT molecular complexity index is 465. The minimum Gasteiger partial charge on any atom is -0.479 e. The van der Waals surface area contributed by atoms with E-state index in [-0.39, 0.29) is 12.0 Å². The minimum absolute atomic E-state index is 0.0603. The first-order valence-corrected chi connectivity index (χ1v) is 7.32. The monoisotopic (exact) mass is 326 g/mol. The number of likely N-dealkylation sites (N-methyl/N-ethyl adjacent to an activating group) is 1. The minimum atomic E-state index is -0.357. The Morgan fingerprint density at radius 1 is 1.53 bits per heavy atom. The maximum atomic E-state index is 11.9. The molecule has 0 saturated carbocycles. The van der Waals surface area contributed by atoms with Crippen molar-refractivity contribution in [3.63, 3.8) is 0 Å². The van der Waals surface area contributed by atoms with Gasteiger partial charge in [0.25, 0.3) is 5.91 Å². The van der Waals surface area contributed by atoms with Crippen LogP contribution in [0.5, 0.6) is 5.75 Å². The van der Waals surface area contributed by atoms with Crippen molar-refractivity contribution in [2.75, 3.05) is 20.1 Å². The molecule has 1 heterocycles. The fraction of sp³-hybridized carbons (Fsp3) is 0.500. The zero-order valence-electron chi connectivity index (χ0n) is 11.3. The Kier molecular flexibility index (Phi) is 4.82. The molecular formula is C14H19BrN2O2. The van der Waals surface area contributed by atoms with Gasteiger partial charge in [-0.25, -0.2) is 0 Å². The summed E-state index contributed by atoms with van der Waals surface area (Å²) >= 11 is 3.50. The zero-order valence-corrected chi connectivity index (χ0v) is 12.9. The van der Waals surface area contributed by atoms with Crippen LogP contribution in [0.3, 0.4) is 0 Å². The van der Waals surface area contributed by atoms with Gasteiger partial charge in [-0.15, -0.1) is 0 Å². The Labute approximate surface area is 122 Å². The molecule has 104 valence electrons. The van der Waals surface area contributed by atoms with Crippen LogP contribution in [0, 0.1) is 0 Å². The summed E-state index contributed by atoms with van der Waals surface area (Å²) < 4.78 is 6.83. The number of carbonyl (C=O) groups is 1. The Hall–Kier alpha value is -1.07. The van der Waals surface area contributed by atoms with Crippen molar-refractivity contribution in [1.82, 2.24) is 10.2 Å². The molecule has 1 atom stereocenters. The highest BCUT2D eigenvalue weighted by atomic mass is 79.9. The SMILES string of the molecule is CCNCc1cccc(Br)c1OC1CCN(C)C1=O. The van der Waals surface area contributed by atoms with Gasteiger partial charge in [0.15, 0.2) is 6.10 Å². The Morgan fingerprint density at radius 2 is 2.32 bits per heavy atom. The molecule has 1 unspecified atom stereocenters. The highest BCUT2D eigenvalue weighted by Gasteiger charge is 2.31. The summed E-state index contributed by atoms with van der Waals surface area (Å²) in [6, 6.07) is 5.94. The quantitative estimate of drug-likeness (QED) is 0.901. The molecule has 1 aliphatic heterocycles. The highest BCUT2D eigenvalue weighted by Crippen LogP contribution is 2.31. The average Bonchev–Trinajstić information content (AvgIpc) is 2.71. The van der Waals surface area contributed by atoms with Gasteiger partial charge < -0.3 is 15.0 Å². The second-order valence-electron chi connectivity index (χ2n) is 4.66. The first kappa shape index (κ1) is 14.3. The number of carbonyl (C=O) groups excluding carboxylic acids is 1. The van der Waals surface area contributed by atoms with Gasteiger partial charge in [0, 0.05) is 32.1 Å². The third-order valence-corrected chi connectivity index (χ3v) is 3.88. The number of rotatable bonds is 5. The van der Waals surface area contributed by atoms with Crippen LogP contribution in [0.1, 0.15) is 18.9 Å². The van der Waals surface area contributed by atoms with Crippen molar-refractivity contribution in [2.45, 2.75) is 26.0 Å². The molecule has 4 nitrogen and oxygen atoms in total. The molecule has 1 fully saturated rings. The summed E-state index contributed by atoms with van der Waals surface area (Å²) in [6.45, 7) is 4.46. The smallest absolute Gasteiger partial charge is 0.263 e. The van der Waals surface area contributed by atoms with Gasteiger partial charge in [-0.2, -0.15) is 0 Å². The topological polar surface area (TPSA) is 41.6 Å². The molecule has 5 heteroatoms. The summed E-state index contributed by atoms with van der Waals surface area (Å²) in [5, 5.41) is 3.28. The van der Waals surface area contributed by atoms with E-state index in [0.717, 1.165) is 41.8 Å². The molecule has 1 N–H and O–H groups in total. The molecule has 0 aromatic heterocycles. The van der Waals surface area contributed by atoms with Crippen molar-refractivity contribution in [2.24, 2.45) is 0 Å². The van der Waals surface area contributed by atoms with E-state index in [1.165, 1.54) is 0 Å². The zero-order chi connectivity index (χ0) is 13.8. The van der Waals surface area contributed by atoms with Gasteiger partial charge in [0.1, 0.15) is 5.75 Å². The second-order valence-corrected chi connectivity index (χ2v) is 5.52. The number of nitrogens with one attached hydrogen (secondary N) is 1. The number of nitrogens with zero attached hydrogens (tertiary/aromatic N) is 1. The third kappa shape index (κ3) is 3.28. The molecule has 1 aromatic carbocycles. The lowest BCUT2D eigenvalue weighted by Crippen LogP contribution is -2.30. The molecular weight excluding hydrogens is 308 g/mol. The number of likely N-dealkylation sites (tertiary alicyclic amines) is 1. The van der Waals surface area contributed by atoms with E-state index in [2.05, 4.69) is 28.2 Å². The van der Waals surface area contributed by atoms with Gasteiger partial charge >= 0.3 is 0 Å². The van der Waals surface area contributed by atoms with Crippen molar-refractivity contribution < 1.29 is 9.53 Å². The van der Waals surface area contributed by atoms with E-state index >= 15 is 0 Å². The molecule has 0 bridgehead atoms. The first-order valence-electron chi connectivity index (χ1n) is 6.53. The lowest BCUT2D eigenvalue weighted by Gasteiger charge is -2.17. The normalized spacial score (nSPS) is 19.0. The van der Waals surface area contributed by atoms with Crippen LogP contribution < -0.4 is 10.1 Å². The molecule has 1 aromatic rings. The van der Waals surface area contributed by atoms with Gasteiger partial charge in [-0.05, 0) is 28.5 Å². The number of amides is 1. The van der Waals surface area contributed by atoms with Crippen molar-refractivity contribution in [3.05, 3.63) is 28.2 Å². The van der Waals surface area contributed by atoms with E-state index in [9.17, 15) is 4.79 Å². The molecule has 1 amide bonds. The van der Waals surface area contributed by atoms with Crippen molar-refractivity contribution in [3.8, 4) is 5.75 Å². The van der Waals surface area contributed by atoms with Gasteiger partial charge in [-0.3, -0.25) is 4.79 Å². The summed E-state index contributed by atoms with van der Waals surface area (Å²) in [4.78, 5) is 13.6. The maximum absolute atomic E-state index is 11.9. The average molecular weight is 327 g/mol. The molecule has 0 aliphatic carbocycles. The largest absolute Gasteiger partial charge is 0.479 e. The van der Waals surface area contributed by atoms with Crippen molar-refractivity contribution >= 4 is 21.8 Å². The fourth-order valence-corrected chi connectivity index (χ4v) is 2.63. The van der Waals surface area contributed by atoms with E-state index < -0.39 is 0 Å². The summed E-state index contributed by atoms with van der Waals surface area (Å²) in [5.74, 6) is 0.835. The van der Waals surface area contributed by atoms with Crippen LogP contribution >= 0.6 is 15.9 Å². The molecule has 0 spiro atoms. The maximum Gasteiger partial charge on any atom is 0.263 e. The Morgan fingerprint density at radius 3 is 2.95 bits per heavy atom. The van der Waals surface area contributed by atoms with Crippen LogP contribution in [0.2, 0.25) is 0 Å². The standard InChI is InChI=1S/C14H19BrN2O2/c1-3-16-9-10-5-4-6-11(15)13(10)19-12-7-8-17(2)14(12)18/h4-6,12,16H,3,7-9H2,1-2H3. The number of ether oxygens (including phenoxy) is 1. The predicted molar refractivity (Wildman–Crippen MR) is 78.2 cm³/mol. The summed E-state index contributed by atoms with van der Waals surface area (Å²) in [7, 11) is 1.81. The van der Waals surface area contributed by atoms with Crippen LogP contribution in [0.4, 0.5) is 0 Å². The molecule has 0 radical (unpaired) electrons. The third-order valence-electron chi connectivity index (χ3n) is 3.25. The van der Waals surface area contributed by atoms with Crippen LogP contribution in [0.15, 0.2) is 22.7 Å². The van der Waals surface area contributed by atoms with Gasteiger partial charge in [-0.1, -0.05) is 19.1 Å². The number of hydrogen-bond acceptors (Lipinski definition) is 3. The van der Waals surface area contributed by atoms with E-state index in [0.29, 0.717) is 0 Å². The number of benzene rings is 1. The van der Waals surface area contributed by atoms with Crippen LogP contribution in [-0.4, -0.2) is 37.0 Å².